The maximum atomic E-state index is 11.5. The van der Waals surface area contributed by atoms with Gasteiger partial charge in [-0.1, -0.05) is 5.21 Å². The highest BCUT2D eigenvalue weighted by molar-refractivity contribution is 5.89. The van der Waals surface area contributed by atoms with Crippen molar-refractivity contribution in [1.29, 1.82) is 0 Å². The highest BCUT2D eigenvalue weighted by Crippen LogP contribution is 2.03. The van der Waals surface area contributed by atoms with Crippen LogP contribution in [0, 0.1) is 6.92 Å². The number of nitrogen functional groups attached to an aromatic ring is 1. The number of hydrogen-bond donors (Lipinski definition) is 3. The van der Waals surface area contributed by atoms with E-state index in [1.165, 1.54) is 10.9 Å². The van der Waals surface area contributed by atoms with E-state index in [-0.39, 0.29) is 18.3 Å². The standard InChI is InChI=1S/C8H11N7O/c1-5-2-7(13-11-5)10-8(16)4-15-3-6(9)12-14-15/h2-3H,4,9H2,1H3,(H2,10,11,13,16). The monoisotopic (exact) mass is 221 g/mol. The number of aromatic nitrogens is 5. The van der Waals surface area contributed by atoms with Crippen LogP contribution in [0.15, 0.2) is 12.3 Å². The maximum absolute atomic E-state index is 11.5. The number of carbonyl (C=O) groups excluding carboxylic acids is 1. The van der Waals surface area contributed by atoms with E-state index in [1.807, 2.05) is 6.92 Å². The van der Waals surface area contributed by atoms with E-state index < -0.39 is 0 Å². The van der Waals surface area contributed by atoms with E-state index in [1.54, 1.807) is 6.07 Å². The molecule has 0 aliphatic heterocycles. The number of rotatable bonds is 3. The molecule has 0 saturated heterocycles. The first-order chi connectivity index (χ1) is 7.63. The predicted octanol–water partition coefficient (Wildman–Crippen LogP) is -0.469. The Hall–Kier alpha value is -2.38. The third-order valence-corrected chi connectivity index (χ3v) is 1.84. The first kappa shape index (κ1) is 10.1. The fourth-order valence-electron chi connectivity index (χ4n) is 1.20. The number of anilines is 2. The third-order valence-electron chi connectivity index (χ3n) is 1.84. The molecule has 2 aromatic rings. The van der Waals surface area contributed by atoms with Crippen molar-refractivity contribution in [3.8, 4) is 0 Å². The first-order valence-corrected chi connectivity index (χ1v) is 4.61. The normalized spacial score (nSPS) is 10.3. The second-order valence-corrected chi connectivity index (χ2v) is 3.33. The summed E-state index contributed by atoms with van der Waals surface area (Å²) in [6.07, 6.45) is 1.48. The van der Waals surface area contributed by atoms with E-state index in [4.69, 9.17) is 5.73 Å². The molecule has 1 amide bonds. The van der Waals surface area contributed by atoms with Gasteiger partial charge in [0.25, 0.3) is 0 Å². The molecule has 0 radical (unpaired) electrons. The SMILES string of the molecule is Cc1cc(NC(=O)Cn2cc(N)nn2)n[nH]1. The lowest BCUT2D eigenvalue weighted by Crippen LogP contribution is -2.19. The van der Waals surface area contributed by atoms with Crippen molar-refractivity contribution in [1.82, 2.24) is 25.2 Å². The molecular weight excluding hydrogens is 210 g/mol. The molecule has 0 unspecified atom stereocenters. The molecular formula is C8H11N7O. The fourth-order valence-corrected chi connectivity index (χ4v) is 1.20. The summed E-state index contributed by atoms with van der Waals surface area (Å²) in [7, 11) is 0. The Morgan fingerprint density at radius 3 is 3.06 bits per heavy atom. The summed E-state index contributed by atoms with van der Waals surface area (Å²) in [6, 6.07) is 1.73. The van der Waals surface area contributed by atoms with Gasteiger partial charge in [0.1, 0.15) is 6.54 Å². The van der Waals surface area contributed by atoms with Gasteiger partial charge in [0, 0.05) is 11.8 Å². The summed E-state index contributed by atoms with van der Waals surface area (Å²) < 4.78 is 1.35. The van der Waals surface area contributed by atoms with Gasteiger partial charge in [-0.15, -0.1) is 5.10 Å². The van der Waals surface area contributed by atoms with Crippen molar-refractivity contribution in [2.45, 2.75) is 13.5 Å². The van der Waals surface area contributed by atoms with Gasteiger partial charge in [-0.05, 0) is 6.92 Å². The van der Waals surface area contributed by atoms with Gasteiger partial charge >= 0.3 is 0 Å². The smallest absolute Gasteiger partial charge is 0.247 e. The van der Waals surface area contributed by atoms with Crippen LogP contribution < -0.4 is 11.1 Å². The number of carbonyl (C=O) groups is 1. The molecule has 8 heteroatoms. The van der Waals surface area contributed by atoms with E-state index in [0.717, 1.165) is 5.69 Å². The third kappa shape index (κ3) is 2.35. The van der Waals surface area contributed by atoms with Crippen molar-refractivity contribution in [3.63, 3.8) is 0 Å². The van der Waals surface area contributed by atoms with E-state index in [0.29, 0.717) is 5.82 Å². The Balaban J connectivity index is 1.94. The zero-order chi connectivity index (χ0) is 11.5. The summed E-state index contributed by atoms with van der Waals surface area (Å²) in [4.78, 5) is 11.5. The number of aromatic amines is 1. The maximum Gasteiger partial charge on any atom is 0.247 e. The number of aryl methyl sites for hydroxylation is 1. The van der Waals surface area contributed by atoms with Crippen molar-refractivity contribution in [2.24, 2.45) is 0 Å². The summed E-state index contributed by atoms with van der Waals surface area (Å²) in [5.74, 6) is 0.524. The predicted molar refractivity (Wildman–Crippen MR) is 56.4 cm³/mol. The molecule has 0 aromatic carbocycles. The van der Waals surface area contributed by atoms with Crippen LogP contribution >= 0.6 is 0 Å². The number of nitrogens with one attached hydrogen (secondary N) is 2. The van der Waals surface area contributed by atoms with Crippen molar-refractivity contribution in [3.05, 3.63) is 18.0 Å². The summed E-state index contributed by atoms with van der Waals surface area (Å²) in [5, 5.41) is 16.4. The second-order valence-electron chi connectivity index (χ2n) is 3.33. The average molecular weight is 221 g/mol. The highest BCUT2D eigenvalue weighted by atomic mass is 16.2. The van der Waals surface area contributed by atoms with Crippen LogP contribution in [0.5, 0.6) is 0 Å². The van der Waals surface area contributed by atoms with Crippen LogP contribution in [-0.4, -0.2) is 31.1 Å². The Kier molecular flexibility index (Phi) is 2.54. The Morgan fingerprint density at radius 1 is 1.69 bits per heavy atom. The van der Waals surface area contributed by atoms with Crippen LogP contribution in [0.25, 0.3) is 0 Å². The van der Waals surface area contributed by atoms with Crippen molar-refractivity contribution < 1.29 is 4.79 Å². The summed E-state index contributed by atoms with van der Waals surface area (Å²) in [6.45, 7) is 1.90. The highest BCUT2D eigenvalue weighted by Gasteiger charge is 2.06. The lowest BCUT2D eigenvalue weighted by molar-refractivity contribution is -0.116. The molecule has 84 valence electrons. The van der Waals surface area contributed by atoms with Gasteiger partial charge in [-0.2, -0.15) is 5.10 Å². The number of hydrogen-bond acceptors (Lipinski definition) is 5. The Morgan fingerprint density at radius 2 is 2.50 bits per heavy atom. The van der Waals surface area contributed by atoms with Gasteiger partial charge in [0.2, 0.25) is 5.91 Å². The number of H-pyrrole nitrogens is 1. The van der Waals surface area contributed by atoms with Crippen molar-refractivity contribution >= 4 is 17.5 Å². The minimum Gasteiger partial charge on any atom is -0.381 e. The van der Waals surface area contributed by atoms with E-state index in [2.05, 4.69) is 25.8 Å². The average Bonchev–Trinajstić information content (AvgIpc) is 2.76. The quantitative estimate of drug-likeness (QED) is 0.648. The zero-order valence-corrected chi connectivity index (χ0v) is 8.64. The minimum atomic E-state index is -0.239. The minimum absolute atomic E-state index is 0.0517. The molecule has 0 aliphatic carbocycles. The van der Waals surface area contributed by atoms with Crippen molar-refractivity contribution in [2.75, 3.05) is 11.1 Å². The molecule has 8 nitrogen and oxygen atoms in total. The molecule has 0 aliphatic rings. The van der Waals surface area contributed by atoms with E-state index in [9.17, 15) is 4.79 Å². The molecule has 0 atom stereocenters. The molecule has 0 saturated carbocycles. The molecule has 0 fully saturated rings. The molecule has 2 aromatic heterocycles. The van der Waals surface area contributed by atoms with Crippen LogP contribution in [0.4, 0.5) is 11.6 Å². The topological polar surface area (TPSA) is 115 Å². The zero-order valence-electron chi connectivity index (χ0n) is 8.64. The van der Waals surface area contributed by atoms with Gasteiger partial charge in [0.05, 0.1) is 6.20 Å². The second kappa shape index (κ2) is 4.01. The number of nitrogens with two attached hydrogens (primary N) is 1. The van der Waals surface area contributed by atoms with Gasteiger partial charge in [0.15, 0.2) is 11.6 Å². The lowest BCUT2D eigenvalue weighted by Gasteiger charge is -2.00. The van der Waals surface area contributed by atoms with Crippen LogP contribution in [0.2, 0.25) is 0 Å². The largest absolute Gasteiger partial charge is 0.381 e. The van der Waals surface area contributed by atoms with Crippen LogP contribution in [-0.2, 0) is 11.3 Å². The van der Waals surface area contributed by atoms with Crippen LogP contribution in [0.1, 0.15) is 5.69 Å². The van der Waals surface area contributed by atoms with E-state index >= 15 is 0 Å². The Labute approximate surface area is 90.8 Å². The fraction of sp³-hybridized carbons (Fsp3) is 0.250. The Bertz CT molecular complexity index is 456. The molecule has 0 spiro atoms. The summed E-state index contributed by atoms with van der Waals surface area (Å²) >= 11 is 0. The molecule has 4 N–H and O–H groups in total. The van der Waals surface area contributed by atoms with Crippen LogP contribution in [0.3, 0.4) is 0 Å². The van der Waals surface area contributed by atoms with Gasteiger partial charge < -0.3 is 11.1 Å². The molecule has 0 bridgehead atoms. The molecule has 2 rings (SSSR count). The first-order valence-electron chi connectivity index (χ1n) is 4.61. The lowest BCUT2D eigenvalue weighted by atomic mass is 10.4. The van der Waals surface area contributed by atoms with Gasteiger partial charge in [-0.3, -0.25) is 9.89 Å². The summed E-state index contributed by atoms with van der Waals surface area (Å²) in [5.41, 5.74) is 6.24. The molecule has 16 heavy (non-hydrogen) atoms. The number of amides is 1. The number of nitrogens with zero attached hydrogens (tertiary/aromatic N) is 4. The molecule has 2 heterocycles. The van der Waals surface area contributed by atoms with Gasteiger partial charge in [-0.25, -0.2) is 4.68 Å².